The van der Waals surface area contributed by atoms with Crippen molar-refractivity contribution in [1.82, 2.24) is 24.5 Å². The van der Waals surface area contributed by atoms with Crippen LogP contribution in [0.4, 0.5) is 0 Å². The van der Waals surface area contributed by atoms with Gasteiger partial charge in [0.25, 0.3) is 0 Å². The van der Waals surface area contributed by atoms with Crippen molar-refractivity contribution < 1.29 is 8.83 Å². The van der Waals surface area contributed by atoms with Crippen molar-refractivity contribution in [3.63, 3.8) is 0 Å². The SMILES string of the molecule is c1ccc(-c2cc(-c3ncccn3)cc(-n3c4ccc(-c5nc6ccccc6o5)cc4c4cc(-c5nc6ccccc6o5)ccc43)c2)cc1. The molecule has 4 heterocycles. The van der Waals surface area contributed by atoms with Crippen molar-refractivity contribution >= 4 is 44.0 Å². The molecular weight excluding hydrogens is 606 g/mol. The number of rotatable bonds is 5. The molecule has 0 saturated carbocycles. The van der Waals surface area contributed by atoms with Gasteiger partial charge >= 0.3 is 0 Å². The topological polar surface area (TPSA) is 82.8 Å². The fourth-order valence-corrected chi connectivity index (χ4v) is 6.67. The number of hydrogen-bond donors (Lipinski definition) is 0. The highest BCUT2D eigenvalue weighted by atomic mass is 16.4. The summed E-state index contributed by atoms with van der Waals surface area (Å²) in [7, 11) is 0. The minimum absolute atomic E-state index is 0.577. The van der Waals surface area contributed by atoms with E-state index in [0.29, 0.717) is 17.6 Å². The van der Waals surface area contributed by atoms with Gasteiger partial charge in [-0.1, -0.05) is 54.6 Å². The van der Waals surface area contributed by atoms with E-state index in [2.05, 4.69) is 93.4 Å². The lowest BCUT2D eigenvalue weighted by atomic mass is 10.0. The molecule has 7 heteroatoms. The molecule has 230 valence electrons. The molecule has 0 atom stereocenters. The van der Waals surface area contributed by atoms with E-state index < -0.39 is 0 Å². The highest BCUT2D eigenvalue weighted by Gasteiger charge is 2.19. The molecule has 49 heavy (non-hydrogen) atoms. The number of aromatic nitrogens is 5. The highest BCUT2D eigenvalue weighted by Crippen LogP contribution is 2.39. The molecule has 0 bridgehead atoms. The third-order valence-electron chi connectivity index (χ3n) is 8.95. The summed E-state index contributed by atoms with van der Waals surface area (Å²) in [5.74, 6) is 1.82. The lowest BCUT2D eigenvalue weighted by Gasteiger charge is -2.13. The van der Waals surface area contributed by atoms with Crippen LogP contribution in [0.25, 0.3) is 95.1 Å². The first-order chi connectivity index (χ1) is 24.2. The van der Waals surface area contributed by atoms with E-state index >= 15 is 0 Å². The molecular formula is C42H25N5O2. The smallest absolute Gasteiger partial charge is 0.227 e. The van der Waals surface area contributed by atoms with Gasteiger partial charge in [-0.3, -0.25) is 0 Å². The average Bonchev–Trinajstić information content (AvgIpc) is 3.89. The second-order valence-electron chi connectivity index (χ2n) is 12.0. The van der Waals surface area contributed by atoms with Gasteiger partial charge in [-0.25, -0.2) is 19.9 Å². The molecule has 0 amide bonds. The standard InChI is InChI=1S/C42H25N5O2/c1-2-9-26(10-3-1)29-21-30(40-43-19-8-20-44-40)23-31(22-29)47-36-17-15-27(41-45-34-11-4-6-13-38(34)48-41)24-32(36)33-25-28(16-18-37(33)47)42-46-35-12-5-7-14-39(35)49-42/h1-25H. The van der Waals surface area contributed by atoms with Crippen LogP contribution in [0, 0.1) is 0 Å². The fraction of sp³-hybridized carbons (Fsp3) is 0. The van der Waals surface area contributed by atoms with Crippen molar-refractivity contribution in [2.24, 2.45) is 0 Å². The van der Waals surface area contributed by atoms with Crippen molar-refractivity contribution in [3.05, 3.63) is 152 Å². The van der Waals surface area contributed by atoms with Gasteiger partial charge in [-0.2, -0.15) is 0 Å². The maximum absolute atomic E-state index is 6.21. The van der Waals surface area contributed by atoms with Crippen LogP contribution in [0.1, 0.15) is 0 Å². The Balaban J connectivity index is 1.24. The minimum Gasteiger partial charge on any atom is -0.436 e. The normalized spacial score (nSPS) is 11.7. The second-order valence-corrected chi connectivity index (χ2v) is 12.0. The van der Waals surface area contributed by atoms with E-state index in [0.717, 1.165) is 77.5 Å². The number of oxazole rings is 2. The number of hydrogen-bond acceptors (Lipinski definition) is 6. The molecule has 0 fully saturated rings. The zero-order valence-electron chi connectivity index (χ0n) is 26.0. The summed E-state index contributed by atoms with van der Waals surface area (Å²) in [4.78, 5) is 18.8. The molecule has 0 aliphatic carbocycles. The quantitative estimate of drug-likeness (QED) is 0.188. The lowest BCUT2D eigenvalue weighted by molar-refractivity contribution is 0.619. The average molecular weight is 632 g/mol. The predicted octanol–water partition coefficient (Wildman–Crippen LogP) is 10.5. The van der Waals surface area contributed by atoms with Crippen LogP contribution in [0.2, 0.25) is 0 Å². The second kappa shape index (κ2) is 10.9. The molecule has 7 nitrogen and oxygen atoms in total. The van der Waals surface area contributed by atoms with Gasteiger partial charge in [0.1, 0.15) is 11.0 Å². The van der Waals surface area contributed by atoms with E-state index in [4.69, 9.17) is 18.8 Å². The summed E-state index contributed by atoms with van der Waals surface area (Å²) in [5.41, 5.74) is 11.1. The van der Waals surface area contributed by atoms with E-state index in [-0.39, 0.29) is 0 Å². The monoisotopic (exact) mass is 631 g/mol. The molecule has 0 radical (unpaired) electrons. The molecule has 0 spiro atoms. The van der Waals surface area contributed by atoms with Gasteiger partial charge in [0.2, 0.25) is 11.8 Å². The Morgan fingerprint density at radius 2 is 0.980 bits per heavy atom. The van der Waals surface area contributed by atoms with Crippen molar-refractivity contribution in [2.45, 2.75) is 0 Å². The molecule has 10 aromatic rings. The Labute approximate surface area is 279 Å². The molecule has 0 aliphatic rings. The lowest BCUT2D eigenvalue weighted by Crippen LogP contribution is -1.97. The van der Waals surface area contributed by atoms with Crippen LogP contribution in [-0.2, 0) is 0 Å². The van der Waals surface area contributed by atoms with Gasteiger partial charge in [-0.05, 0) is 96.1 Å². The van der Waals surface area contributed by atoms with Crippen molar-refractivity contribution in [1.29, 1.82) is 0 Å². The van der Waals surface area contributed by atoms with Crippen LogP contribution in [-0.4, -0.2) is 24.5 Å². The Kier molecular flexibility index (Phi) is 6.04. The van der Waals surface area contributed by atoms with Crippen molar-refractivity contribution in [3.8, 4) is 51.1 Å². The van der Waals surface area contributed by atoms with Crippen LogP contribution < -0.4 is 0 Å². The van der Waals surface area contributed by atoms with E-state index in [9.17, 15) is 0 Å². The third-order valence-corrected chi connectivity index (χ3v) is 8.95. The zero-order valence-corrected chi connectivity index (χ0v) is 26.0. The van der Waals surface area contributed by atoms with Crippen LogP contribution in [0.15, 0.2) is 161 Å². The first kappa shape index (κ1) is 27.3. The van der Waals surface area contributed by atoms with E-state index in [1.807, 2.05) is 60.7 Å². The Morgan fingerprint density at radius 3 is 1.57 bits per heavy atom. The molecule has 0 N–H and O–H groups in total. The number of fused-ring (bicyclic) bond motifs is 5. The Morgan fingerprint density at radius 1 is 0.429 bits per heavy atom. The first-order valence-electron chi connectivity index (χ1n) is 16.0. The van der Waals surface area contributed by atoms with Gasteiger partial charge in [0.15, 0.2) is 17.0 Å². The molecule has 0 unspecified atom stereocenters. The Bertz CT molecular complexity index is 2580. The number of nitrogens with zero attached hydrogens (tertiary/aromatic N) is 5. The largest absolute Gasteiger partial charge is 0.436 e. The van der Waals surface area contributed by atoms with Gasteiger partial charge in [0.05, 0.1) is 11.0 Å². The number of benzene rings is 6. The summed E-state index contributed by atoms with van der Waals surface area (Å²) in [6.07, 6.45) is 3.55. The summed E-state index contributed by atoms with van der Waals surface area (Å²) in [6, 6.07) is 47.2. The molecule has 10 rings (SSSR count). The maximum Gasteiger partial charge on any atom is 0.227 e. The van der Waals surface area contributed by atoms with E-state index in [1.54, 1.807) is 12.4 Å². The van der Waals surface area contributed by atoms with Crippen LogP contribution in [0.5, 0.6) is 0 Å². The first-order valence-corrected chi connectivity index (χ1v) is 16.0. The van der Waals surface area contributed by atoms with Crippen LogP contribution >= 0.6 is 0 Å². The molecule has 0 saturated heterocycles. The highest BCUT2D eigenvalue weighted by molar-refractivity contribution is 6.11. The summed E-state index contributed by atoms with van der Waals surface area (Å²) < 4.78 is 14.7. The molecule has 6 aromatic carbocycles. The van der Waals surface area contributed by atoms with Crippen molar-refractivity contribution in [2.75, 3.05) is 0 Å². The Hall–Kier alpha value is -6.86. The number of para-hydroxylation sites is 4. The zero-order chi connectivity index (χ0) is 32.3. The van der Waals surface area contributed by atoms with Gasteiger partial charge in [-0.15, -0.1) is 0 Å². The minimum atomic E-state index is 0.577. The summed E-state index contributed by atoms with van der Waals surface area (Å²) in [6.45, 7) is 0. The van der Waals surface area contributed by atoms with E-state index in [1.165, 1.54) is 0 Å². The molecule has 0 aliphatic heterocycles. The van der Waals surface area contributed by atoms with Gasteiger partial charge < -0.3 is 13.4 Å². The fourth-order valence-electron chi connectivity index (χ4n) is 6.67. The predicted molar refractivity (Wildman–Crippen MR) is 193 cm³/mol. The maximum atomic E-state index is 6.21. The van der Waals surface area contributed by atoms with Gasteiger partial charge in [0, 0.05) is 45.5 Å². The summed E-state index contributed by atoms with van der Waals surface area (Å²) >= 11 is 0. The van der Waals surface area contributed by atoms with Crippen LogP contribution in [0.3, 0.4) is 0 Å². The molecule has 4 aromatic heterocycles. The third kappa shape index (κ3) is 4.59. The summed E-state index contributed by atoms with van der Waals surface area (Å²) in [5, 5.41) is 2.10.